The Morgan fingerprint density at radius 1 is 1.62 bits per heavy atom. The third-order valence-electron chi connectivity index (χ3n) is 1.97. The Morgan fingerprint density at radius 2 is 2.23 bits per heavy atom. The van der Waals surface area contributed by atoms with Gasteiger partial charge >= 0.3 is 0 Å². The number of carbonyl (C=O) groups is 1. The molecule has 0 aromatic heterocycles. The Balaban J connectivity index is 3.68. The minimum absolute atomic E-state index is 0.0246. The van der Waals surface area contributed by atoms with Crippen LogP contribution < -0.4 is 11.1 Å². The summed E-state index contributed by atoms with van der Waals surface area (Å²) in [6.45, 7) is 4.03. The molecule has 13 heavy (non-hydrogen) atoms. The van der Waals surface area contributed by atoms with E-state index in [0.29, 0.717) is 0 Å². The molecule has 0 spiro atoms. The van der Waals surface area contributed by atoms with E-state index in [2.05, 4.69) is 5.32 Å². The first kappa shape index (κ1) is 12.8. The SMILES string of the molecule is CC[C@@H](C)NC(=O)[C@H](N)CCSC. The molecule has 0 aromatic rings. The molecule has 0 aliphatic rings. The van der Waals surface area contributed by atoms with Crippen molar-refractivity contribution in [2.45, 2.75) is 38.8 Å². The number of hydrogen-bond donors (Lipinski definition) is 2. The first-order valence-corrected chi connectivity index (χ1v) is 6.06. The van der Waals surface area contributed by atoms with Gasteiger partial charge in [0.15, 0.2) is 0 Å². The minimum atomic E-state index is -0.346. The first-order valence-electron chi connectivity index (χ1n) is 4.66. The Bertz CT molecular complexity index is 153. The van der Waals surface area contributed by atoms with Crippen LogP contribution in [0.3, 0.4) is 0 Å². The molecule has 0 heterocycles. The summed E-state index contributed by atoms with van der Waals surface area (Å²) in [7, 11) is 0. The highest BCUT2D eigenvalue weighted by Gasteiger charge is 2.13. The number of carbonyl (C=O) groups excluding carboxylic acids is 1. The lowest BCUT2D eigenvalue weighted by atomic mass is 10.2. The number of amides is 1. The molecule has 2 atom stereocenters. The van der Waals surface area contributed by atoms with Crippen LogP contribution in [0.4, 0.5) is 0 Å². The fourth-order valence-electron chi connectivity index (χ4n) is 0.828. The molecule has 3 nitrogen and oxygen atoms in total. The van der Waals surface area contributed by atoms with Gasteiger partial charge < -0.3 is 11.1 Å². The van der Waals surface area contributed by atoms with E-state index in [1.54, 1.807) is 11.8 Å². The zero-order chi connectivity index (χ0) is 10.3. The highest BCUT2D eigenvalue weighted by molar-refractivity contribution is 7.98. The molecule has 0 radical (unpaired) electrons. The van der Waals surface area contributed by atoms with Crippen molar-refractivity contribution in [2.75, 3.05) is 12.0 Å². The van der Waals surface area contributed by atoms with Crippen LogP contribution >= 0.6 is 11.8 Å². The van der Waals surface area contributed by atoms with Gasteiger partial charge in [0.1, 0.15) is 0 Å². The summed E-state index contributed by atoms with van der Waals surface area (Å²) in [4.78, 5) is 11.4. The summed E-state index contributed by atoms with van der Waals surface area (Å²) < 4.78 is 0. The van der Waals surface area contributed by atoms with Crippen LogP contribution in [-0.4, -0.2) is 30.0 Å². The molecule has 0 saturated heterocycles. The van der Waals surface area contributed by atoms with Gasteiger partial charge in [-0.1, -0.05) is 6.92 Å². The molecule has 3 N–H and O–H groups in total. The van der Waals surface area contributed by atoms with E-state index < -0.39 is 0 Å². The van der Waals surface area contributed by atoms with Crippen molar-refractivity contribution in [1.29, 1.82) is 0 Å². The second kappa shape index (κ2) is 7.21. The van der Waals surface area contributed by atoms with Crippen LogP contribution in [0.5, 0.6) is 0 Å². The Labute approximate surface area is 84.8 Å². The summed E-state index contributed by atoms with van der Waals surface area (Å²) in [5.74, 6) is 0.915. The van der Waals surface area contributed by atoms with Crippen LogP contribution in [-0.2, 0) is 4.79 Å². The number of rotatable bonds is 6. The van der Waals surface area contributed by atoms with E-state index >= 15 is 0 Å². The molecule has 0 bridgehead atoms. The van der Waals surface area contributed by atoms with Crippen LogP contribution in [0.25, 0.3) is 0 Å². The Hall–Kier alpha value is -0.220. The predicted octanol–water partition coefficient (Wildman–Crippen LogP) is 0.982. The molecule has 0 aliphatic heterocycles. The van der Waals surface area contributed by atoms with E-state index in [4.69, 9.17) is 5.73 Å². The van der Waals surface area contributed by atoms with Crippen molar-refractivity contribution in [3.8, 4) is 0 Å². The first-order chi connectivity index (χ1) is 6.11. The zero-order valence-corrected chi connectivity index (χ0v) is 9.49. The highest BCUT2D eigenvalue weighted by atomic mass is 32.2. The Morgan fingerprint density at radius 3 is 2.69 bits per heavy atom. The molecule has 0 unspecified atom stereocenters. The zero-order valence-electron chi connectivity index (χ0n) is 8.67. The minimum Gasteiger partial charge on any atom is -0.352 e. The topological polar surface area (TPSA) is 55.1 Å². The molecule has 0 rings (SSSR count). The van der Waals surface area contributed by atoms with Crippen molar-refractivity contribution in [3.63, 3.8) is 0 Å². The fourth-order valence-corrected chi connectivity index (χ4v) is 1.32. The van der Waals surface area contributed by atoms with E-state index in [9.17, 15) is 4.79 Å². The maximum absolute atomic E-state index is 11.4. The van der Waals surface area contributed by atoms with Crippen LogP contribution in [0.1, 0.15) is 26.7 Å². The van der Waals surface area contributed by atoms with E-state index in [1.165, 1.54) is 0 Å². The third kappa shape index (κ3) is 5.93. The standard InChI is InChI=1S/C9H20N2OS/c1-4-7(2)11-9(12)8(10)5-6-13-3/h7-8H,4-6,10H2,1-3H3,(H,11,12)/t7-,8-/m1/s1. The monoisotopic (exact) mass is 204 g/mol. The quantitative estimate of drug-likeness (QED) is 0.678. The molecule has 4 heteroatoms. The van der Waals surface area contributed by atoms with Crippen LogP contribution in [0.15, 0.2) is 0 Å². The highest BCUT2D eigenvalue weighted by Crippen LogP contribution is 1.99. The van der Waals surface area contributed by atoms with Crippen LogP contribution in [0.2, 0.25) is 0 Å². The van der Waals surface area contributed by atoms with Gasteiger partial charge in [-0.2, -0.15) is 11.8 Å². The van der Waals surface area contributed by atoms with Gasteiger partial charge in [0.2, 0.25) is 5.91 Å². The number of nitrogens with one attached hydrogen (secondary N) is 1. The van der Waals surface area contributed by atoms with Gasteiger partial charge in [0, 0.05) is 6.04 Å². The molecule has 0 aromatic carbocycles. The summed E-state index contributed by atoms with van der Waals surface area (Å²) in [5.41, 5.74) is 5.68. The van der Waals surface area contributed by atoms with E-state index in [0.717, 1.165) is 18.6 Å². The van der Waals surface area contributed by atoms with Gasteiger partial charge in [-0.05, 0) is 31.8 Å². The molecule has 1 amide bonds. The van der Waals surface area contributed by atoms with Gasteiger partial charge in [0.25, 0.3) is 0 Å². The molecule has 0 fully saturated rings. The fraction of sp³-hybridized carbons (Fsp3) is 0.889. The second-order valence-electron chi connectivity index (χ2n) is 3.21. The second-order valence-corrected chi connectivity index (χ2v) is 4.19. The van der Waals surface area contributed by atoms with Gasteiger partial charge in [-0.15, -0.1) is 0 Å². The Kier molecular flexibility index (Phi) is 7.09. The summed E-state index contributed by atoms with van der Waals surface area (Å²) in [6, 6.07) is -0.116. The summed E-state index contributed by atoms with van der Waals surface area (Å²) >= 11 is 1.71. The number of thioether (sulfide) groups is 1. The van der Waals surface area contributed by atoms with Crippen molar-refractivity contribution < 1.29 is 4.79 Å². The molecular formula is C9H20N2OS. The summed E-state index contributed by atoms with van der Waals surface area (Å²) in [6.07, 6.45) is 3.71. The van der Waals surface area contributed by atoms with Crippen molar-refractivity contribution in [3.05, 3.63) is 0 Å². The predicted molar refractivity (Wildman–Crippen MR) is 58.9 cm³/mol. The maximum Gasteiger partial charge on any atom is 0.237 e. The largest absolute Gasteiger partial charge is 0.352 e. The molecular weight excluding hydrogens is 184 g/mol. The van der Waals surface area contributed by atoms with Gasteiger partial charge in [-0.3, -0.25) is 4.79 Å². The van der Waals surface area contributed by atoms with E-state index in [1.807, 2.05) is 20.1 Å². The van der Waals surface area contributed by atoms with Crippen molar-refractivity contribution in [1.82, 2.24) is 5.32 Å². The lowest BCUT2D eigenvalue weighted by Gasteiger charge is -2.15. The smallest absolute Gasteiger partial charge is 0.237 e. The number of hydrogen-bond acceptors (Lipinski definition) is 3. The summed E-state index contributed by atoms with van der Waals surface area (Å²) in [5, 5.41) is 2.87. The van der Waals surface area contributed by atoms with Gasteiger partial charge in [-0.25, -0.2) is 0 Å². The van der Waals surface area contributed by atoms with Crippen LogP contribution in [0, 0.1) is 0 Å². The third-order valence-corrected chi connectivity index (χ3v) is 2.61. The number of nitrogens with two attached hydrogens (primary N) is 1. The van der Waals surface area contributed by atoms with Gasteiger partial charge in [0.05, 0.1) is 6.04 Å². The van der Waals surface area contributed by atoms with E-state index in [-0.39, 0.29) is 18.0 Å². The normalized spacial score (nSPS) is 15.1. The molecule has 0 aliphatic carbocycles. The van der Waals surface area contributed by atoms with Crippen molar-refractivity contribution >= 4 is 17.7 Å². The maximum atomic E-state index is 11.4. The average Bonchev–Trinajstić information content (AvgIpc) is 2.13. The average molecular weight is 204 g/mol. The lowest BCUT2D eigenvalue weighted by molar-refractivity contribution is -0.123. The van der Waals surface area contributed by atoms with Crippen molar-refractivity contribution in [2.24, 2.45) is 5.73 Å². The lowest BCUT2D eigenvalue weighted by Crippen LogP contribution is -2.44. The molecule has 78 valence electrons. The molecule has 0 saturated carbocycles.